The van der Waals surface area contributed by atoms with Crippen LogP contribution in [0, 0.1) is 5.41 Å². The zero-order chi connectivity index (χ0) is 18.6. The van der Waals surface area contributed by atoms with Gasteiger partial charge in [0.1, 0.15) is 6.04 Å². The van der Waals surface area contributed by atoms with E-state index in [0.717, 1.165) is 16.6 Å². The molecular weight excluding hydrogens is 334 g/mol. The number of amides is 2. The van der Waals surface area contributed by atoms with Crippen LogP contribution in [0.25, 0.3) is 10.2 Å². The van der Waals surface area contributed by atoms with E-state index in [1.54, 1.807) is 6.92 Å². The summed E-state index contributed by atoms with van der Waals surface area (Å²) in [6.07, 6.45) is 3.39. The molecule has 6 heteroatoms. The van der Waals surface area contributed by atoms with Crippen LogP contribution in [0.3, 0.4) is 0 Å². The van der Waals surface area contributed by atoms with E-state index in [9.17, 15) is 9.59 Å². The van der Waals surface area contributed by atoms with E-state index in [-0.39, 0.29) is 11.8 Å². The first-order valence-corrected chi connectivity index (χ1v) is 9.53. The molecule has 0 aliphatic carbocycles. The second-order valence-corrected chi connectivity index (χ2v) is 8.39. The first-order valence-electron chi connectivity index (χ1n) is 8.72. The van der Waals surface area contributed by atoms with E-state index in [1.165, 1.54) is 29.7 Å². The molecule has 0 aliphatic heterocycles. The van der Waals surface area contributed by atoms with Crippen molar-refractivity contribution in [3.63, 3.8) is 0 Å². The van der Waals surface area contributed by atoms with Crippen molar-refractivity contribution in [3.8, 4) is 0 Å². The van der Waals surface area contributed by atoms with E-state index in [2.05, 4.69) is 34.7 Å². The number of aromatic nitrogens is 1. The van der Waals surface area contributed by atoms with Crippen LogP contribution in [0.5, 0.6) is 0 Å². The number of anilines is 1. The third kappa shape index (κ3) is 5.26. The highest BCUT2D eigenvalue weighted by molar-refractivity contribution is 7.22. The molecule has 136 valence electrons. The lowest BCUT2D eigenvalue weighted by Gasteiger charge is -2.21. The smallest absolute Gasteiger partial charge is 0.248 e. The van der Waals surface area contributed by atoms with Crippen molar-refractivity contribution in [3.05, 3.63) is 23.8 Å². The highest BCUT2D eigenvalue weighted by Crippen LogP contribution is 2.27. The van der Waals surface area contributed by atoms with Crippen molar-refractivity contribution in [2.24, 2.45) is 5.41 Å². The van der Waals surface area contributed by atoms with Gasteiger partial charge < -0.3 is 10.6 Å². The van der Waals surface area contributed by atoms with Crippen molar-refractivity contribution < 1.29 is 9.59 Å². The number of carbonyl (C=O) groups excluding carboxylic acids is 2. The van der Waals surface area contributed by atoms with Crippen molar-refractivity contribution in [1.82, 2.24) is 10.3 Å². The number of unbranched alkanes of at least 4 members (excludes halogenated alkanes) is 1. The fourth-order valence-electron chi connectivity index (χ4n) is 2.25. The van der Waals surface area contributed by atoms with Gasteiger partial charge in [-0.1, -0.05) is 51.5 Å². The van der Waals surface area contributed by atoms with Crippen molar-refractivity contribution in [2.45, 2.75) is 59.9 Å². The Morgan fingerprint density at radius 3 is 2.64 bits per heavy atom. The van der Waals surface area contributed by atoms with Gasteiger partial charge in [0.2, 0.25) is 11.8 Å². The van der Waals surface area contributed by atoms with Crippen molar-refractivity contribution >= 4 is 38.5 Å². The summed E-state index contributed by atoms with van der Waals surface area (Å²) in [4.78, 5) is 28.8. The van der Waals surface area contributed by atoms with Crippen LogP contribution in [0.2, 0.25) is 0 Å². The number of nitrogens with one attached hydrogen (secondary N) is 2. The predicted octanol–water partition coefficient (Wildman–Crippen LogP) is 4.13. The largest absolute Gasteiger partial charge is 0.344 e. The summed E-state index contributed by atoms with van der Waals surface area (Å²) in [5, 5.41) is 6.10. The molecule has 25 heavy (non-hydrogen) atoms. The zero-order valence-corrected chi connectivity index (χ0v) is 16.4. The summed E-state index contributed by atoms with van der Waals surface area (Å²) in [6, 6.07) is 5.62. The summed E-state index contributed by atoms with van der Waals surface area (Å²) in [5.74, 6) is -0.414. The average molecular weight is 362 g/mol. The Hall–Kier alpha value is -1.95. The standard InChI is InChI=1S/C19H27N3O2S/c1-6-7-8-13-9-10-14-15(11-13)25-18(21-14)22-16(23)12(2)20-17(24)19(3,4)5/h9-12H,6-8H2,1-5H3,(H,20,24)(H,21,22,23). The van der Waals surface area contributed by atoms with Gasteiger partial charge in [0.05, 0.1) is 10.2 Å². The fraction of sp³-hybridized carbons (Fsp3) is 0.526. The number of nitrogens with zero attached hydrogens (tertiary/aromatic N) is 1. The molecule has 1 aromatic heterocycles. The topological polar surface area (TPSA) is 71.1 Å². The van der Waals surface area contributed by atoms with Crippen LogP contribution >= 0.6 is 11.3 Å². The Labute approximate surface area is 153 Å². The summed E-state index contributed by atoms with van der Waals surface area (Å²) in [7, 11) is 0. The van der Waals surface area contributed by atoms with Gasteiger partial charge in [0.25, 0.3) is 0 Å². The number of hydrogen-bond donors (Lipinski definition) is 2. The summed E-state index contributed by atoms with van der Waals surface area (Å²) < 4.78 is 1.07. The van der Waals surface area contributed by atoms with Gasteiger partial charge in [-0.05, 0) is 37.5 Å². The quantitative estimate of drug-likeness (QED) is 0.813. The van der Waals surface area contributed by atoms with Crippen LogP contribution < -0.4 is 10.6 Å². The van der Waals surface area contributed by atoms with Crippen LogP contribution in [0.1, 0.15) is 53.0 Å². The van der Waals surface area contributed by atoms with E-state index in [4.69, 9.17) is 0 Å². The van der Waals surface area contributed by atoms with Gasteiger partial charge in [-0.3, -0.25) is 9.59 Å². The highest BCUT2D eigenvalue weighted by atomic mass is 32.1. The van der Waals surface area contributed by atoms with Gasteiger partial charge in [-0.15, -0.1) is 0 Å². The minimum atomic E-state index is -0.612. The molecule has 0 saturated heterocycles. The summed E-state index contributed by atoms with van der Waals surface area (Å²) in [5.41, 5.74) is 1.65. The first-order chi connectivity index (χ1) is 11.7. The predicted molar refractivity (Wildman–Crippen MR) is 104 cm³/mol. The molecule has 1 atom stereocenters. The zero-order valence-electron chi connectivity index (χ0n) is 15.6. The number of carbonyl (C=O) groups is 2. The fourth-order valence-corrected chi connectivity index (χ4v) is 3.18. The molecule has 1 heterocycles. The van der Waals surface area contributed by atoms with Crippen LogP contribution in [-0.4, -0.2) is 22.8 Å². The molecular formula is C19H27N3O2S. The second-order valence-electron chi connectivity index (χ2n) is 7.36. The number of rotatable bonds is 6. The summed E-state index contributed by atoms with van der Waals surface area (Å²) >= 11 is 1.46. The van der Waals surface area contributed by atoms with Crippen LogP contribution in [0.4, 0.5) is 5.13 Å². The molecule has 1 unspecified atom stereocenters. The minimum absolute atomic E-state index is 0.153. The second kappa shape index (κ2) is 7.95. The number of hydrogen-bond acceptors (Lipinski definition) is 4. The molecule has 0 spiro atoms. The average Bonchev–Trinajstić information content (AvgIpc) is 2.93. The Morgan fingerprint density at radius 2 is 2.00 bits per heavy atom. The number of benzene rings is 1. The lowest BCUT2D eigenvalue weighted by molar-refractivity contribution is -0.131. The molecule has 0 fully saturated rings. The Morgan fingerprint density at radius 1 is 1.28 bits per heavy atom. The maximum absolute atomic E-state index is 12.3. The maximum atomic E-state index is 12.3. The molecule has 1 aromatic carbocycles. The number of fused-ring (bicyclic) bond motifs is 1. The van der Waals surface area contributed by atoms with Gasteiger partial charge in [-0.2, -0.15) is 0 Å². The van der Waals surface area contributed by atoms with Gasteiger partial charge >= 0.3 is 0 Å². The lowest BCUT2D eigenvalue weighted by Crippen LogP contribution is -2.46. The molecule has 0 bridgehead atoms. The maximum Gasteiger partial charge on any atom is 0.248 e. The number of aryl methyl sites for hydroxylation is 1. The van der Waals surface area contributed by atoms with E-state index < -0.39 is 11.5 Å². The molecule has 2 aromatic rings. The normalized spacial score (nSPS) is 12.8. The summed E-state index contributed by atoms with van der Waals surface area (Å²) in [6.45, 7) is 9.30. The molecule has 0 saturated carbocycles. The minimum Gasteiger partial charge on any atom is -0.344 e. The van der Waals surface area contributed by atoms with E-state index in [1.807, 2.05) is 26.8 Å². The number of thiazole rings is 1. The Balaban J connectivity index is 2.04. The Kier molecular flexibility index (Phi) is 6.16. The Bertz CT molecular complexity index is 762. The molecule has 2 amide bonds. The van der Waals surface area contributed by atoms with Crippen LogP contribution in [-0.2, 0) is 16.0 Å². The molecule has 0 radical (unpaired) electrons. The third-order valence-electron chi connectivity index (χ3n) is 3.92. The van der Waals surface area contributed by atoms with Gasteiger partial charge in [0.15, 0.2) is 5.13 Å². The molecule has 0 aliphatic rings. The molecule has 5 nitrogen and oxygen atoms in total. The van der Waals surface area contributed by atoms with Gasteiger partial charge in [0, 0.05) is 5.41 Å². The van der Waals surface area contributed by atoms with E-state index >= 15 is 0 Å². The monoisotopic (exact) mass is 361 g/mol. The highest BCUT2D eigenvalue weighted by Gasteiger charge is 2.25. The van der Waals surface area contributed by atoms with E-state index in [0.29, 0.717) is 5.13 Å². The lowest BCUT2D eigenvalue weighted by atomic mass is 9.95. The van der Waals surface area contributed by atoms with Crippen molar-refractivity contribution in [2.75, 3.05) is 5.32 Å². The molecule has 2 N–H and O–H groups in total. The third-order valence-corrected chi connectivity index (χ3v) is 4.86. The van der Waals surface area contributed by atoms with Crippen molar-refractivity contribution in [1.29, 1.82) is 0 Å². The SMILES string of the molecule is CCCCc1ccc2nc(NC(=O)C(C)NC(=O)C(C)(C)C)sc2c1. The first kappa shape index (κ1) is 19.4. The molecule has 2 rings (SSSR count). The van der Waals surface area contributed by atoms with Gasteiger partial charge in [-0.25, -0.2) is 4.98 Å². The van der Waals surface area contributed by atoms with Crippen LogP contribution in [0.15, 0.2) is 18.2 Å².